The molecule has 0 saturated heterocycles. The van der Waals surface area contributed by atoms with E-state index in [0.29, 0.717) is 18.1 Å². The number of aromatic carboxylic acids is 1. The molecule has 4 nitrogen and oxygen atoms in total. The minimum absolute atomic E-state index is 0.0523. The van der Waals surface area contributed by atoms with Crippen LogP contribution < -0.4 is 9.64 Å². The van der Waals surface area contributed by atoms with Crippen LogP contribution in [0.4, 0.5) is 11.4 Å². The van der Waals surface area contributed by atoms with Crippen LogP contribution in [0.15, 0.2) is 42.5 Å². The van der Waals surface area contributed by atoms with E-state index < -0.39 is 5.97 Å². The third kappa shape index (κ3) is 4.63. The molecular weight excluding hydrogens is 386 g/mol. The zero-order valence-electron chi connectivity index (χ0n) is 19.7. The summed E-state index contributed by atoms with van der Waals surface area (Å²) in [4.78, 5) is 13.5. The quantitative estimate of drug-likeness (QED) is 0.496. The topological polar surface area (TPSA) is 49.8 Å². The van der Waals surface area contributed by atoms with E-state index in [1.165, 1.54) is 16.7 Å². The summed E-state index contributed by atoms with van der Waals surface area (Å²) in [6.07, 6.45) is 4.35. The molecule has 31 heavy (non-hydrogen) atoms. The van der Waals surface area contributed by atoms with E-state index in [1.54, 1.807) is 12.1 Å². The maximum Gasteiger partial charge on any atom is 0.335 e. The molecule has 166 valence electrons. The number of hydrogen-bond acceptors (Lipinski definition) is 3. The molecule has 2 aromatic carbocycles. The molecule has 0 unspecified atom stereocenters. The Labute approximate surface area is 186 Å². The Kier molecular flexibility index (Phi) is 6.78. The maximum absolute atomic E-state index is 11.3. The Balaban J connectivity index is 2.18. The average Bonchev–Trinajstić information content (AvgIpc) is 2.73. The highest BCUT2D eigenvalue weighted by Gasteiger charge is 2.31. The second-order valence-electron chi connectivity index (χ2n) is 9.21. The summed E-state index contributed by atoms with van der Waals surface area (Å²) in [5.74, 6) is 0.419. The highest BCUT2D eigenvalue weighted by molar-refractivity contribution is 5.88. The Morgan fingerprint density at radius 2 is 1.84 bits per heavy atom. The summed E-state index contributed by atoms with van der Waals surface area (Å²) in [6.45, 7) is 14.7. The fraction of sp³-hybridized carbons (Fsp3) is 0.444. The first-order valence-electron chi connectivity index (χ1n) is 11.3. The number of anilines is 2. The Bertz CT molecular complexity index is 971. The molecule has 3 rings (SSSR count). The molecule has 0 atom stereocenters. The second-order valence-corrected chi connectivity index (χ2v) is 9.21. The van der Waals surface area contributed by atoms with Crippen LogP contribution in [0, 0.1) is 5.92 Å². The van der Waals surface area contributed by atoms with Gasteiger partial charge in [-0.3, -0.25) is 0 Å². The predicted octanol–water partition coefficient (Wildman–Crippen LogP) is 7.05. The number of allylic oxidation sites excluding steroid dienone is 2. The van der Waals surface area contributed by atoms with Crippen molar-refractivity contribution in [2.45, 2.75) is 59.8 Å². The smallest absolute Gasteiger partial charge is 0.335 e. The first-order valence-corrected chi connectivity index (χ1v) is 11.3. The van der Waals surface area contributed by atoms with Crippen molar-refractivity contribution < 1.29 is 14.6 Å². The van der Waals surface area contributed by atoms with E-state index in [1.807, 2.05) is 12.1 Å². The third-order valence-corrected chi connectivity index (χ3v) is 6.09. The molecule has 0 fully saturated rings. The molecule has 0 aliphatic heterocycles. The molecule has 0 spiro atoms. The molecule has 4 heteroatoms. The van der Waals surface area contributed by atoms with Crippen molar-refractivity contribution in [2.75, 3.05) is 18.1 Å². The number of fused-ring (bicyclic) bond motifs is 1. The van der Waals surface area contributed by atoms with E-state index in [9.17, 15) is 9.90 Å². The summed E-state index contributed by atoms with van der Waals surface area (Å²) >= 11 is 0. The number of rotatable bonds is 8. The number of benzene rings is 2. The van der Waals surface area contributed by atoms with E-state index >= 15 is 0 Å². The average molecular weight is 422 g/mol. The first-order chi connectivity index (χ1) is 14.7. The van der Waals surface area contributed by atoms with Crippen molar-refractivity contribution in [2.24, 2.45) is 5.92 Å². The third-order valence-electron chi connectivity index (χ3n) is 6.09. The van der Waals surface area contributed by atoms with Crippen molar-refractivity contribution in [3.05, 3.63) is 59.2 Å². The monoisotopic (exact) mass is 421 g/mol. The number of hydrogen-bond donors (Lipinski definition) is 1. The number of nitrogens with zero attached hydrogens (tertiary/aromatic N) is 1. The highest BCUT2D eigenvalue weighted by atomic mass is 16.5. The van der Waals surface area contributed by atoms with E-state index in [0.717, 1.165) is 36.5 Å². The van der Waals surface area contributed by atoms with Gasteiger partial charge in [0, 0.05) is 12.2 Å². The van der Waals surface area contributed by atoms with Crippen molar-refractivity contribution in [3.8, 4) is 5.75 Å². The molecule has 0 aromatic heterocycles. The van der Waals surface area contributed by atoms with Crippen molar-refractivity contribution in [3.63, 3.8) is 0 Å². The predicted molar refractivity (Wildman–Crippen MR) is 129 cm³/mol. The summed E-state index contributed by atoms with van der Waals surface area (Å²) in [6, 6.07) is 11.6. The van der Waals surface area contributed by atoms with Gasteiger partial charge in [0.2, 0.25) is 0 Å². The molecule has 1 N–H and O–H groups in total. The largest absolute Gasteiger partial charge is 0.491 e. The first kappa shape index (κ1) is 22.9. The number of carboxylic acids is 1. The molecule has 1 aliphatic carbocycles. The van der Waals surface area contributed by atoms with Crippen LogP contribution in [0.5, 0.6) is 5.75 Å². The molecule has 0 amide bonds. The Morgan fingerprint density at radius 1 is 1.16 bits per heavy atom. The van der Waals surface area contributed by atoms with Gasteiger partial charge in [0.05, 0.1) is 17.9 Å². The molecule has 0 bridgehead atoms. The summed E-state index contributed by atoms with van der Waals surface area (Å²) in [7, 11) is 0. The minimum atomic E-state index is -0.913. The lowest BCUT2D eigenvalue weighted by Crippen LogP contribution is -2.24. The summed E-state index contributed by atoms with van der Waals surface area (Å²) in [5, 5.41) is 9.25. The van der Waals surface area contributed by atoms with Crippen LogP contribution >= 0.6 is 0 Å². The lowest BCUT2D eigenvalue weighted by Gasteiger charge is -2.36. The SMILES string of the molecule is CCCOc1cc2c(cc1N(CC)c1ccc(C(=O)O)cc1)C(C(C)C)=CCC2(C)C. The lowest BCUT2D eigenvalue weighted by atomic mass is 9.71. The van der Waals surface area contributed by atoms with Gasteiger partial charge >= 0.3 is 5.97 Å². The van der Waals surface area contributed by atoms with Crippen LogP contribution in [0.2, 0.25) is 0 Å². The maximum atomic E-state index is 11.3. The van der Waals surface area contributed by atoms with Gasteiger partial charge in [-0.15, -0.1) is 0 Å². The normalized spacial score (nSPS) is 14.7. The van der Waals surface area contributed by atoms with Crippen LogP contribution in [-0.2, 0) is 5.41 Å². The van der Waals surface area contributed by atoms with E-state index in [4.69, 9.17) is 4.74 Å². The van der Waals surface area contributed by atoms with Gasteiger partial charge in [0.15, 0.2) is 0 Å². The van der Waals surface area contributed by atoms with Crippen LogP contribution in [0.25, 0.3) is 5.57 Å². The van der Waals surface area contributed by atoms with Crippen LogP contribution in [0.1, 0.15) is 75.9 Å². The molecule has 2 aromatic rings. The fourth-order valence-electron chi connectivity index (χ4n) is 4.31. The minimum Gasteiger partial charge on any atom is -0.491 e. The van der Waals surface area contributed by atoms with Gasteiger partial charge in [0.25, 0.3) is 0 Å². The summed E-state index contributed by atoms with van der Waals surface area (Å²) < 4.78 is 6.25. The van der Waals surface area contributed by atoms with Gasteiger partial charge in [-0.1, -0.05) is 40.7 Å². The lowest BCUT2D eigenvalue weighted by molar-refractivity contribution is 0.0697. The van der Waals surface area contributed by atoms with Crippen molar-refractivity contribution >= 4 is 22.9 Å². The zero-order valence-corrected chi connectivity index (χ0v) is 19.7. The number of carbonyl (C=O) groups is 1. The molecule has 0 heterocycles. The fourth-order valence-corrected chi connectivity index (χ4v) is 4.31. The van der Waals surface area contributed by atoms with Gasteiger partial charge in [-0.05, 0) is 84.2 Å². The number of ether oxygens (including phenoxy) is 1. The standard InChI is InChI=1S/C27H35NO3/c1-7-15-31-25-17-23-22(21(18(3)4)13-14-27(23,5)6)16-24(25)28(8-2)20-11-9-19(10-12-20)26(29)30/h9-13,16-18H,7-8,14-15H2,1-6H3,(H,29,30). The van der Waals surface area contributed by atoms with E-state index in [-0.39, 0.29) is 5.41 Å². The second kappa shape index (κ2) is 9.17. The van der Waals surface area contributed by atoms with Gasteiger partial charge in [-0.2, -0.15) is 0 Å². The zero-order chi connectivity index (χ0) is 22.8. The van der Waals surface area contributed by atoms with Gasteiger partial charge in [0.1, 0.15) is 5.75 Å². The van der Waals surface area contributed by atoms with E-state index in [2.05, 4.69) is 64.7 Å². The number of carboxylic acid groups (broad SMARTS) is 1. The molecule has 0 radical (unpaired) electrons. The van der Waals surface area contributed by atoms with Gasteiger partial charge < -0.3 is 14.7 Å². The van der Waals surface area contributed by atoms with Crippen molar-refractivity contribution in [1.82, 2.24) is 0 Å². The highest BCUT2D eigenvalue weighted by Crippen LogP contribution is 2.47. The van der Waals surface area contributed by atoms with Crippen molar-refractivity contribution in [1.29, 1.82) is 0 Å². The van der Waals surface area contributed by atoms with Crippen LogP contribution in [-0.4, -0.2) is 24.2 Å². The molecule has 1 aliphatic rings. The van der Waals surface area contributed by atoms with Gasteiger partial charge in [-0.25, -0.2) is 4.79 Å². The Morgan fingerprint density at radius 3 is 2.39 bits per heavy atom. The molecular formula is C27H35NO3. The molecule has 0 saturated carbocycles. The summed E-state index contributed by atoms with van der Waals surface area (Å²) in [5.41, 5.74) is 6.35. The van der Waals surface area contributed by atoms with Crippen LogP contribution in [0.3, 0.4) is 0 Å². The Hall–Kier alpha value is -2.75.